The number of thiol groups is 1. The Labute approximate surface area is 121 Å². The molecule has 2 heterocycles. The fourth-order valence-corrected chi connectivity index (χ4v) is 4.26. The maximum Gasteiger partial charge on any atom is 0.241 e. The van der Waals surface area contributed by atoms with E-state index >= 15 is 0 Å². The topological polar surface area (TPSA) is 66.9 Å². The number of carbonyl (C=O) groups is 1. The van der Waals surface area contributed by atoms with Crippen molar-refractivity contribution in [1.82, 2.24) is 9.21 Å². The zero-order chi connectivity index (χ0) is 14.7. The standard InChI is InChI=1S/C13H20N2O4S/c1-3-7-14-8-10(9-19-2)11-5-4-6-12(13(14)16)15(11)20(17)18/h1,10-12,20H,4-9H2,2H3/t10-,11?,12?/m1/s1. The van der Waals surface area contributed by atoms with Crippen molar-refractivity contribution in [1.29, 1.82) is 0 Å². The van der Waals surface area contributed by atoms with Crippen molar-refractivity contribution in [3.05, 3.63) is 0 Å². The number of terminal acetylenes is 1. The molecule has 0 aromatic carbocycles. The van der Waals surface area contributed by atoms with Crippen LogP contribution in [-0.4, -0.2) is 62.4 Å². The van der Waals surface area contributed by atoms with Crippen molar-refractivity contribution in [3.63, 3.8) is 0 Å². The number of piperidine rings is 1. The highest BCUT2D eigenvalue weighted by Crippen LogP contribution is 2.32. The number of amides is 1. The highest BCUT2D eigenvalue weighted by atomic mass is 32.2. The number of hydrogen-bond acceptors (Lipinski definition) is 4. The van der Waals surface area contributed by atoms with Gasteiger partial charge in [0.1, 0.15) is 6.04 Å². The lowest BCUT2D eigenvalue weighted by molar-refractivity contribution is -0.134. The first-order valence-corrected chi connectivity index (χ1v) is 7.87. The van der Waals surface area contributed by atoms with Gasteiger partial charge in [-0.15, -0.1) is 6.42 Å². The number of fused-ring (bicyclic) bond motifs is 2. The van der Waals surface area contributed by atoms with E-state index in [4.69, 9.17) is 11.2 Å². The Kier molecular flexibility index (Phi) is 5.02. The Hall–Kier alpha value is -1.10. The monoisotopic (exact) mass is 300 g/mol. The van der Waals surface area contributed by atoms with E-state index in [0.717, 1.165) is 12.8 Å². The second kappa shape index (κ2) is 6.57. The summed E-state index contributed by atoms with van der Waals surface area (Å²) in [5.41, 5.74) is 0. The third-order valence-corrected chi connectivity index (χ3v) is 5.04. The number of carbonyl (C=O) groups excluding carboxylic acids is 1. The number of nitrogens with zero attached hydrogens (tertiary/aromatic N) is 2. The molecule has 1 amide bonds. The van der Waals surface area contributed by atoms with Crippen LogP contribution in [0.15, 0.2) is 0 Å². The molecule has 20 heavy (non-hydrogen) atoms. The Morgan fingerprint density at radius 1 is 1.45 bits per heavy atom. The minimum atomic E-state index is -2.78. The van der Waals surface area contributed by atoms with E-state index in [-0.39, 0.29) is 24.4 Å². The predicted octanol–water partition coefficient (Wildman–Crippen LogP) is -0.526. The average Bonchev–Trinajstić information content (AvgIpc) is 2.49. The Bertz CT molecular complexity index is 477. The van der Waals surface area contributed by atoms with Gasteiger partial charge >= 0.3 is 0 Å². The number of rotatable bonds is 4. The van der Waals surface area contributed by atoms with Gasteiger partial charge in [0.05, 0.1) is 13.2 Å². The molecule has 0 spiro atoms. The van der Waals surface area contributed by atoms with Crippen LogP contribution in [0.2, 0.25) is 0 Å². The SMILES string of the molecule is C#CCN1C[C@H](COC)C2CCCC(C1=O)N2[SH](=O)=O. The molecule has 3 atom stereocenters. The number of ether oxygens (including phenoxy) is 1. The Morgan fingerprint density at radius 2 is 2.20 bits per heavy atom. The minimum Gasteiger partial charge on any atom is -0.384 e. The van der Waals surface area contributed by atoms with Crippen LogP contribution in [0.1, 0.15) is 19.3 Å². The van der Waals surface area contributed by atoms with E-state index in [9.17, 15) is 13.2 Å². The van der Waals surface area contributed by atoms with Crippen molar-refractivity contribution in [2.75, 3.05) is 26.8 Å². The largest absolute Gasteiger partial charge is 0.384 e. The molecule has 2 unspecified atom stereocenters. The van der Waals surface area contributed by atoms with E-state index in [1.165, 1.54) is 4.31 Å². The molecule has 2 saturated heterocycles. The van der Waals surface area contributed by atoms with Gasteiger partial charge < -0.3 is 9.64 Å². The second-order valence-corrected chi connectivity index (χ2v) is 6.21. The molecule has 2 fully saturated rings. The maximum absolute atomic E-state index is 12.5. The van der Waals surface area contributed by atoms with Crippen molar-refractivity contribution >= 4 is 16.8 Å². The van der Waals surface area contributed by atoms with Gasteiger partial charge in [0, 0.05) is 25.6 Å². The van der Waals surface area contributed by atoms with Crippen molar-refractivity contribution < 1.29 is 17.9 Å². The third kappa shape index (κ3) is 2.82. The molecule has 0 aliphatic carbocycles. The summed E-state index contributed by atoms with van der Waals surface area (Å²) in [6, 6.07) is -0.758. The quantitative estimate of drug-likeness (QED) is 0.560. The van der Waals surface area contributed by atoms with Crippen LogP contribution in [0.25, 0.3) is 0 Å². The average molecular weight is 300 g/mol. The summed E-state index contributed by atoms with van der Waals surface area (Å²) < 4.78 is 29.8. The van der Waals surface area contributed by atoms with E-state index in [1.54, 1.807) is 12.0 Å². The highest BCUT2D eigenvalue weighted by molar-refractivity contribution is 7.70. The van der Waals surface area contributed by atoms with Gasteiger partial charge in [0.25, 0.3) is 0 Å². The maximum atomic E-state index is 12.5. The lowest BCUT2D eigenvalue weighted by Gasteiger charge is -2.37. The molecule has 112 valence electrons. The Morgan fingerprint density at radius 3 is 2.80 bits per heavy atom. The molecule has 0 saturated carbocycles. The van der Waals surface area contributed by atoms with Crippen LogP contribution in [0.5, 0.6) is 0 Å². The zero-order valence-electron chi connectivity index (χ0n) is 11.5. The van der Waals surface area contributed by atoms with Crippen molar-refractivity contribution in [3.8, 4) is 12.3 Å². The summed E-state index contributed by atoms with van der Waals surface area (Å²) in [6.45, 7) is 1.09. The summed E-state index contributed by atoms with van der Waals surface area (Å²) in [5.74, 6) is 2.27. The number of hydrogen-bond donors (Lipinski definition) is 1. The van der Waals surface area contributed by atoms with Gasteiger partial charge in [-0.05, 0) is 19.3 Å². The van der Waals surface area contributed by atoms with Gasteiger partial charge in [0.15, 0.2) is 0 Å². The molecule has 7 heteroatoms. The zero-order valence-corrected chi connectivity index (χ0v) is 12.4. The van der Waals surface area contributed by atoms with E-state index in [2.05, 4.69) is 5.92 Å². The van der Waals surface area contributed by atoms with Crippen LogP contribution in [0.4, 0.5) is 0 Å². The van der Waals surface area contributed by atoms with Crippen LogP contribution in [0.3, 0.4) is 0 Å². The van der Waals surface area contributed by atoms with Crippen LogP contribution >= 0.6 is 0 Å². The molecule has 0 aromatic heterocycles. The number of methoxy groups -OCH3 is 1. The predicted molar refractivity (Wildman–Crippen MR) is 74.4 cm³/mol. The van der Waals surface area contributed by atoms with E-state index in [1.807, 2.05) is 0 Å². The van der Waals surface area contributed by atoms with E-state index in [0.29, 0.717) is 19.6 Å². The minimum absolute atomic E-state index is 0.0319. The lowest BCUT2D eigenvalue weighted by Crippen LogP contribution is -2.51. The molecule has 0 radical (unpaired) electrons. The first-order chi connectivity index (χ1) is 9.60. The second-order valence-electron chi connectivity index (χ2n) is 5.27. The molecule has 2 aliphatic heterocycles. The first-order valence-electron chi connectivity index (χ1n) is 6.74. The lowest BCUT2D eigenvalue weighted by atomic mass is 9.91. The summed E-state index contributed by atoms with van der Waals surface area (Å²) in [5, 5.41) is 0. The van der Waals surface area contributed by atoms with Crippen molar-refractivity contribution in [2.45, 2.75) is 31.3 Å². The molecular formula is C13H20N2O4S. The molecule has 2 aliphatic rings. The summed E-state index contributed by atoms with van der Waals surface area (Å²) >= 11 is 0. The van der Waals surface area contributed by atoms with Gasteiger partial charge in [0.2, 0.25) is 16.8 Å². The van der Waals surface area contributed by atoms with Crippen LogP contribution < -0.4 is 0 Å². The van der Waals surface area contributed by atoms with Crippen LogP contribution in [0, 0.1) is 18.3 Å². The van der Waals surface area contributed by atoms with Crippen LogP contribution in [-0.2, 0) is 20.4 Å². The smallest absolute Gasteiger partial charge is 0.241 e. The molecule has 2 rings (SSSR count). The van der Waals surface area contributed by atoms with Crippen molar-refractivity contribution in [2.24, 2.45) is 5.92 Å². The normalized spacial score (nSPS) is 31.1. The summed E-state index contributed by atoms with van der Waals surface area (Å²) in [7, 11) is -1.20. The molecule has 6 nitrogen and oxygen atoms in total. The van der Waals surface area contributed by atoms with E-state index < -0.39 is 16.9 Å². The van der Waals surface area contributed by atoms with Gasteiger partial charge in [-0.25, -0.2) is 8.42 Å². The first kappa shape index (κ1) is 15.3. The summed E-state index contributed by atoms with van der Waals surface area (Å²) in [4.78, 5) is 14.1. The van der Waals surface area contributed by atoms with Gasteiger partial charge in [-0.3, -0.25) is 4.79 Å². The third-order valence-electron chi connectivity index (χ3n) is 4.08. The van der Waals surface area contributed by atoms with Gasteiger partial charge in [-0.2, -0.15) is 4.31 Å². The summed E-state index contributed by atoms with van der Waals surface area (Å²) in [6.07, 6.45) is 7.51. The fourth-order valence-electron chi connectivity index (χ4n) is 3.28. The highest BCUT2D eigenvalue weighted by Gasteiger charge is 2.45. The molecule has 0 aromatic rings. The van der Waals surface area contributed by atoms with Gasteiger partial charge in [-0.1, -0.05) is 5.92 Å². The Balaban J connectivity index is 2.37. The fraction of sp³-hybridized carbons (Fsp3) is 0.769. The molecule has 0 N–H and O–H groups in total. The molecular weight excluding hydrogens is 280 g/mol. The molecule has 2 bridgehead atoms.